The second-order valence-corrected chi connectivity index (χ2v) is 4.86. The van der Waals surface area contributed by atoms with Crippen molar-refractivity contribution in [3.8, 4) is 0 Å². The molecule has 1 heterocycles. The zero-order chi connectivity index (χ0) is 9.47. The molecule has 0 aromatic carbocycles. The third-order valence-corrected chi connectivity index (χ3v) is 3.59. The number of hydrogen-bond donors (Lipinski definition) is 1. The molecule has 0 saturated heterocycles. The van der Waals surface area contributed by atoms with E-state index in [1.807, 2.05) is 5.38 Å². The fraction of sp³-hybridized carbons (Fsp3) is 0.600. The molecule has 0 radical (unpaired) electrons. The first-order valence-corrected chi connectivity index (χ1v) is 5.33. The molecule has 0 spiro atoms. The minimum absolute atomic E-state index is 0.241. The van der Waals surface area contributed by atoms with Gasteiger partial charge < -0.3 is 9.84 Å². The first-order valence-electron chi connectivity index (χ1n) is 4.45. The maximum Gasteiger partial charge on any atom is 0.0954 e. The van der Waals surface area contributed by atoms with E-state index >= 15 is 0 Å². The van der Waals surface area contributed by atoms with Gasteiger partial charge in [0.25, 0.3) is 0 Å². The van der Waals surface area contributed by atoms with Crippen molar-refractivity contribution in [2.45, 2.75) is 31.5 Å². The molecular formula is C10H14O2S. The van der Waals surface area contributed by atoms with Crippen LogP contribution in [0.1, 0.15) is 23.3 Å². The van der Waals surface area contributed by atoms with Crippen molar-refractivity contribution in [2.24, 2.45) is 0 Å². The highest BCUT2D eigenvalue weighted by atomic mass is 32.1. The average Bonchev–Trinajstić information content (AvgIpc) is 2.46. The molecule has 1 aromatic rings. The van der Waals surface area contributed by atoms with Gasteiger partial charge in [-0.05, 0) is 23.9 Å². The van der Waals surface area contributed by atoms with E-state index in [4.69, 9.17) is 4.74 Å². The number of aryl methyl sites for hydroxylation is 1. The fourth-order valence-electron chi connectivity index (χ4n) is 1.78. The van der Waals surface area contributed by atoms with Gasteiger partial charge in [0, 0.05) is 24.8 Å². The van der Waals surface area contributed by atoms with Crippen LogP contribution in [0.2, 0.25) is 0 Å². The number of rotatable bonds is 2. The van der Waals surface area contributed by atoms with Gasteiger partial charge in [-0.25, -0.2) is 0 Å². The first-order chi connectivity index (χ1) is 6.14. The lowest BCUT2D eigenvalue weighted by atomic mass is 9.73. The summed E-state index contributed by atoms with van der Waals surface area (Å²) in [6.45, 7) is 2.06. The van der Waals surface area contributed by atoms with Crippen LogP contribution in [0.3, 0.4) is 0 Å². The maximum absolute atomic E-state index is 10.1. The average molecular weight is 198 g/mol. The molecule has 0 atom stereocenters. The molecule has 72 valence electrons. The molecule has 1 aliphatic carbocycles. The second-order valence-electron chi connectivity index (χ2n) is 3.74. The summed E-state index contributed by atoms with van der Waals surface area (Å²) in [6.07, 6.45) is 1.71. The van der Waals surface area contributed by atoms with Crippen molar-refractivity contribution in [2.75, 3.05) is 7.11 Å². The predicted octanol–water partition coefficient (Wildman–Crippen LogP) is 2.05. The summed E-state index contributed by atoms with van der Waals surface area (Å²) in [5, 5.41) is 12.2. The monoisotopic (exact) mass is 198 g/mol. The Morgan fingerprint density at radius 1 is 1.62 bits per heavy atom. The summed E-state index contributed by atoms with van der Waals surface area (Å²) < 4.78 is 5.15. The van der Waals surface area contributed by atoms with Crippen molar-refractivity contribution in [3.63, 3.8) is 0 Å². The van der Waals surface area contributed by atoms with Crippen LogP contribution in [-0.4, -0.2) is 18.3 Å². The highest BCUT2D eigenvalue weighted by molar-refractivity contribution is 7.10. The van der Waals surface area contributed by atoms with E-state index in [9.17, 15) is 5.11 Å². The third-order valence-electron chi connectivity index (χ3n) is 2.73. The van der Waals surface area contributed by atoms with Crippen LogP contribution in [0.15, 0.2) is 11.4 Å². The van der Waals surface area contributed by atoms with E-state index in [0.29, 0.717) is 0 Å². The third kappa shape index (κ3) is 1.52. The first kappa shape index (κ1) is 9.19. The van der Waals surface area contributed by atoms with E-state index < -0.39 is 5.60 Å². The number of aliphatic hydroxyl groups is 1. The van der Waals surface area contributed by atoms with Crippen LogP contribution in [0, 0.1) is 6.92 Å². The molecule has 1 saturated carbocycles. The Kier molecular flexibility index (Phi) is 2.18. The molecule has 0 aliphatic heterocycles. The molecule has 0 unspecified atom stereocenters. The quantitative estimate of drug-likeness (QED) is 0.788. The van der Waals surface area contributed by atoms with Gasteiger partial charge in [-0.3, -0.25) is 0 Å². The molecule has 1 fully saturated rings. The minimum Gasteiger partial charge on any atom is -0.385 e. The highest BCUT2D eigenvalue weighted by Crippen LogP contribution is 2.43. The van der Waals surface area contributed by atoms with Crippen molar-refractivity contribution in [1.82, 2.24) is 0 Å². The van der Waals surface area contributed by atoms with Crippen LogP contribution >= 0.6 is 11.3 Å². The van der Waals surface area contributed by atoms with Gasteiger partial charge in [-0.1, -0.05) is 0 Å². The number of ether oxygens (including phenoxy) is 1. The molecule has 2 nitrogen and oxygen atoms in total. The van der Waals surface area contributed by atoms with Gasteiger partial charge in [0.05, 0.1) is 11.7 Å². The Bertz CT molecular complexity index is 300. The fourth-order valence-corrected chi connectivity index (χ4v) is 2.58. The summed E-state index contributed by atoms with van der Waals surface area (Å²) in [7, 11) is 1.70. The highest BCUT2D eigenvalue weighted by Gasteiger charge is 2.44. The van der Waals surface area contributed by atoms with Gasteiger partial charge in [0.15, 0.2) is 0 Å². The molecule has 3 heteroatoms. The minimum atomic E-state index is -0.606. The Labute approximate surface area is 82.2 Å². The van der Waals surface area contributed by atoms with E-state index in [1.54, 1.807) is 18.4 Å². The standard InChI is InChI=1S/C10H14O2S/c1-7-3-8(6-13-7)10(11)4-9(5-10)12-2/h3,6,9,11H,4-5H2,1-2H3. The van der Waals surface area contributed by atoms with Gasteiger partial charge in [0.1, 0.15) is 0 Å². The molecule has 0 amide bonds. The van der Waals surface area contributed by atoms with Gasteiger partial charge in [-0.2, -0.15) is 0 Å². The zero-order valence-electron chi connectivity index (χ0n) is 7.91. The molecule has 13 heavy (non-hydrogen) atoms. The normalized spacial score (nSPS) is 33.0. The molecule has 1 aromatic heterocycles. The van der Waals surface area contributed by atoms with Crippen molar-refractivity contribution in [1.29, 1.82) is 0 Å². The molecule has 1 N–H and O–H groups in total. The predicted molar refractivity (Wildman–Crippen MR) is 53.0 cm³/mol. The molecule has 1 aliphatic rings. The van der Waals surface area contributed by atoms with Crippen LogP contribution in [0.4, 0.5) is 0 Å². The van der Waals surface area contributed by atoms with Gasteiger partial charge >= 0.3 is 0 Å². The largest absolute Gasteiger partial charge is 0.385 e. The lowest BCUT2D eigenvalue weighted by Crippen LogP contribution is -2.45. The summed E-state index contributed by atoms with van der Waals surface area (Å²) in [4.78, 5) is 1.25. The van der Waals surface area contributed by atoms with Crippen molar-refractivity contribution in [3.05, 3.63) is 21.9 Å². The lowest BCUT2D eigenvalue weighted by molar-refractivity contribution is -0.132. The summed E-state index contributed by atoms with van der Waals surface area (Å²) >= 11 is 1.69. The topological polar surface area (TPSA) is 29.5 Å². The van der Waals surface area contributed by atoms with Crippen LogP contribution < -0.4 is 0 Å². The SMILES string of the molecule is COC1CC(O)(c2csc(C)c2)C1. The smallest absolute Gasteiger partial charge is 0.0954 e. The second kappa shape index (κ2) is 3.08. The lowest BCUT2D eigenvalue weighted by Gasteiger charge is -2.42. The molecular weight excluding hydrogens is 184 g/mol. The van der Waals surface area contributed by atoms with E-state index in [0.717, 1.165) is 18.4 Å². The van der Waals surface area contributed by atoms with Crippen molar-refractivity contribution >= 4 is 11.3 Å². The Morgan fingerprint density at radius 2 is 2.31 bits per heavy atom. The summed E-state index contributed by atoms with van der Waals surface area (Å²) in [5.41, 5.74) is 0.453. The number of hydrogen-bond acceptors (Lipinski definition) is 3. The molecule has 2 rings (SSSR count). The summed E-state index contributed by atoms with van der Waals surface area (Å²) in [5.74, 6) is 0. The Morgan fingerprint density at radius 3 is 2.77 bits per heavy atom. The van der Waals surface area contributed by atoms with Crippen molar-refractivity contribution < 1.29 is 9.84 Å². The van der Waals surface area contributed by atoms with E-state index in [2.05, 4.69) is 13.0 Å². The van der Waals surface area contributed by atoms with Crippen LogP contribution in [0.5, 0.6) is 0 Å². The van der Waals surface area contributed by atoms with E-state index in [-0.39, 0.29) is 6.10 Å². The van der Waals surface area contributed by atoms with Crippen LogP contribution in [0.25, 0.3) is 0 Å². The zero-order valence-corrected chi connectivity index (χ0v) is 8.73. The summed E-state index contributed by atoms with van der Waals surface area (Å²) in [6, 6.07) is 2.07. The number of methoxy groups -OCH3 is 1. The number of thiophene rings is 1. The van der Waals surface area contributed by atoms with Crippen LogP contribution in [-0.2, 0) is 10.3 Å². The van der Waals surface area contributed by atoms with E-state index in [1.165, 1.54) is 4.88 Å². The molecule has 0 bridgehead atoms. The Balaban J connectivity index is 2.10. The Hall–Kier alpha value is -0.380. The maximum atomic E-state index is 10.1. The van der Waals surface area contributed by atoms with Gasteiger partial charge in [-0.15, -0.1) is 11.3 Å². The van der Waals surface area contributed by atoms with Gasteiger partial charge in [0.2, 0.25) is 0 Å².